The molecule has 6 heteroatoms. The van der Waals surface area contributed by atoms with Gasteiger partial charge in [0.2, 0.25) is 0 Å². The van der Waals surface area contributed by atoms with Crippen LogP contribution in [0.3, 0.4) is 0 Å². The summed E-state index contributed by atoms with van der Waals surface area (Å²) >= 11 is 0. The van der Waals surface area contributed by atoms with Gasteiger partial charge in [-0.05, 0) is 50.6 Å². The lowest BCUT2D eigenvalue weighted by atomic mass is 10.1. The molecule has 1 fully saturated rings. The number of fused-ring (bicyclic) bond motifs is 1. The molecular formula is C21H26N4O2. The highest BCUT2D eigenvalue weighted by atomic mass is 16.5. The summed E-state index contributed by atoms with van der Waals surface area (Å²) in [6, 6.07) is 8.47. The van der Waals surface area contributed by atoms with Crippen LogP contribution in [-0.2, 0) is 4.74 Å². The summed E-state index contributed by atoms with van der Waals surface area (Å²) < 4.78 is 14.1. The number of rotatable bonds is 5. The second-order valence-corrected chi connectivity index (χ2v) is 7.39. The minimum Gasteiger partial charge on any atom is -0.490 e. The first-order valence-electron chi connectivity index (χ1n) is 9.52. The Morgan fingerprint density at radius 3 is 2.96 bits per heavy atom. The van der Waals surface area contributed by atoms with Gasteiger partial charge < -0.3 is 14.8 Å². The fraction of sp³-hybridized carbons (Fsp3) is 0.429. The first-order chi connectivity index (χ1) is 13.1. The Hall–Kier alpha value is -2.44. The molecule has 0 aliphatic carbocycles. The SMILES string of the molecule is CC(C)n1cc(-c2cc(OC[C@@H]3CNC[C@@H](C)O3)c3cccnc3c2)cn1. The molecule has 0 amide bonds. The van der Waals surface area contributed by atoms with E-state index in [4.69, 9.17) is 9.47 Å². The van der Waals surface area contributed by atoms with Gasteiger partial charge in [0.05, 0.1) is 17.8 Å². The zero-order valence-electron chi connectivity index (χ0n) is 16.1. The molecule has 1 aliphatic rings. The minimum atomic E-state index is 0.0489. The Kier molecular flexibility index (Phi) is 5.09. The first-order valence-corrected chi connectivity index (χ1v) is 9.52. The molecule has 2 aromatic heterocycles. The fourth-order valence-electron chi connectivity index (χ4n) is 3.36. The van der Waals surface area contributed by atoms with Gasteiger partial charge in [0, 0.05) is 42.5 Å². The summed E-state index contributed by atoms with van der Waals surface area (Å²) in [7, 11) is 0. The lowest BCUT2D eigenvalue weighted by Gasteiger charge is -2.28. The average Bonchev–Trinajstić information content (AvgIpc) is 3.16. The molecule has 0 saturated carbocycles. The Balaban J connectivity index is 1.63. The van der Waals surface area contributed by atoms with Crippen molar-refractivity contribution in [3.05, 3.63) is 42.9 Å². The van der Waals surface area contributed by atoms with Crippen LogP contribution in [0.2, 0.25) is 0 Å². The highest BCUT2D eigenvalue weighted by Gasteiger charge is 2.20. The minimum absolute atomic E-state index is 0.0489. The number of pyridine rings is 1. The average molecular weight is 366 g/mol. The molecule has 27 heavy (non-hydrogen) atoms. The van der Waals surface area contributed by atoms with E-state index in [1.807, 2.05) is 29.2 Å². The van der Waals surface area contributed by atoms with Crippen LogP contribution in [0, 0.1) is 0 Å². The van der Waals surface area contributed by atoms with E-state index in [0.29, 0.717) is 12.6 Å². The van der Waals surface area contributed by atoms with Crippen LogP contribution in [0.4, 0.5) is 0 Å². The highest BCUT2D eigenvalue weighted by Crippen LogP contribution is 2.32. The van der Waals surface area contributed by atoms with E-state index in [9.17, 15) is 0 Å². The molecule has 4 rings (SSSR count). The molecule has 0 bridgehead atoms. The number of hydrogen-bond donors (Lipinski definition) is 1. The maximum absolute atomic E-state index is 6.19. The number of hydrogen-bond acceptors (Lipinski definition) is 5. The summed E-state index contributed by atoms with van der Waals surface area (Å²) in [5.74, 6) is 0.828. The van der Waals surface area contributed by atoms with Gasteiger partial charge in [-0.3, -0.25) is 9.67 Å². The lowest BCUT2D eigenvalue weighted by molar-refractivity contribution is -0.0468. The largest absolute Gasteiger partial charge is 0.490 e. The van der Waals surface area contributed by atoms with Crippen LogP contribution >= 0.6 is 0 Å². The molecule has 1 N–H and O–H groups in total. The van der Waals surface area contributed by atoms with Crippen LogP contribution in [0.15, 0.2) is 42.9 Å². The maximum atomic E-state index is 6.19. The van der Waals surface area contributed by atoms with Crippen molar-refractivity contribution in [2.45, 2.75) is 39.0 Å². The molecule has 6 nitrogen and oxygen atoms in total. The van der Waals surface area contributed by atoms with Crippen molar-refractivity contribution < 1.29 is 9.47 Å². The van der Waals surface area contributed by atoms with Crippen molar-refractivity contribution in [3.8, 4) is 16.9 Å². The Morgan fingerprint density at radius 2 is 2.19 bits per heavy atom. The molecule has 3 aromatic rings. The number of aromatic nitrogens is 3. The Morgan fingerprint density at radius 1 is 1.30 bits per heavy atom. The van der Waals surface area contributed by atoms with Crippen molar-refractivity contribution in [2.75, 3.05) is 19.7 Å². The molecule has 3 heterocycles. The second kappa shape index (κ2) is 7.66. The number of ether oxygens (including phenoxy) is 2. The number of benzene rings is 1. The van der Waals surface area contributed by atoms with Crippen molar-refractivity contribution >= 4 is 10.9 Å². The normalized spacial score (nSPS) is 20.3. The molecule has 0 radical (unpaired) electrons. The number of morpholine rings is 1. The summed E-state index contributed by atoms with van der Waals surface area (Å²) in [5.41, 5.74) is 3.03. The van der Waals surface area contributed by atoms with Gasteiger partial charge in [0.1, 0.15) is 18.5 Å². The fourth-order valence-corrected chi connectivity index (χ4v) is 3.36. The third kappa shape index (κ3) is 3.96. The van der Waals surface area contributed by atoms with Gasteiger partial charge >= 0.3 is 0 Å². The molecule has 142 valence electrons. The number of nitrogens with one attached hydrogen (secondary N) is 1. The van der Waals surface area contributed by atoms with E-state index in [2.05, 4.69) is 54.5 Å². The predicted molar refractivity (Wildman–Crippen MR) is 106 cm³/mol. The molecule has 0 spiro atoms. The van der Waals surface area contributed by atoms with E-state index >= 15 is 0 Å². The van der Waals surface area contributed by atoms with E-state index in [-0.39, 0.29) is 12.2 Å². The third-order valence-corrected chi connectivity index (χ3v) is 4.80. The molecule has 1 saturated heterocycles. The first kappa shape index (κ1) is 17.9. The summed E-state index contributed by atoms with van der Waals surface area (Å²) in [6.45, 7) is 8.51. The van der Waals surface area contributed by atoms with Gasteiger partial charge in [0.15, 0.2) is 0 Å². The Bertz CT molecular complexity index is 921. The van der Waals surface area contributed by atoms with E-state index in [0.717, 1.165) is 40.9 Å². The molecule has 1 aromatic carbocycles. The van der Waals surface area contributed by atoms with Crippen LogP contribution < -0.4 is 10.1 Å². The topological polar surface area (TPSA) is 61.2 Å². The van der Waals surface area contributed by atoms with Gasteiger partial charge in [0.25, 0.3) is 0 Å². The smallest absolute Gasteiger partial charge is 0.129 e. The molecule has 1 aliphatic heterocycles. The van der Waals surface area contributed by atoms with Gasteiger partial charge in [-0.15, -0.1) is 0 Å². The monoisotopic (exact) mass is 366 g/mol. The van der Waals surface area contributed by atoms with E-state index < -0.39 is 0 Å². The zero-order chi connectivity index (χ0) is 18.8. The van der Waals surface area contributed by atoms with Gasteiger partial charge in [-0.2, -0.15) is 5.10 Å². The molecule has 0 unspecified atom stereocenters. The second-order valence-electron chi connectivity index (χ2n) is 7.39. The summed E-state index contributed by atoms with van der Waals surface area (Å²) in [6.07, 6.45) is 6.02. The van der Waals surface area contributed by atoms with Crippen molar-refractivity contribution in [1.82, 2.24) is 20.1 Å². The Labute approximate surface area is 159 Å². The van der Waals surface area contributed by atoms with Crippen LogP contribution in [0.1, 0.15) is 26.8 Å². The standard InChI is InChI=1S/C21H26N4O2/c1-14(2)25-12-17(10-24-25)16-7-20-19(5-4-6-23-20)21(8-16)26-13-18-11-22-9-15(3)27-18/h4-8,10,12,14-15,18,22H,9,11,13H2,1-3H3/t15-,18+/m1/s1. The van der Waals surface area contributed by atoms with Crippen LogP contribution in [0.5, 0.6) is 5.75 Å². The van der Waals surface area contributed by atoms with E-state index in [1.54, 1.807) is 0 Å². The maximum Gasteiger partial charge on any atom is 0.129 e. The highest BCUT2D eigenvalue weighted by molar-refractivity contribution is 5.89. The van der Waals surface area contributed by atoms with Crippen LogP contribution in [0.25, 0.3) is 22.0 Å². The quantitative estimate of drug-likeness (QED) is 0.750. The van der Waals surface area contributed by atoms with Gasteiger partial charge in [-0.1, -0.05) is 0 Å². The van der Waals surface area contributed by atoms with Crippen molar-refractivity contribution in [3.63, 3.8) is 0 Å². The summed E-state index contributed by atoms with van der Waals surface area (Å²) in [4.78, 5) is 4.53. The molecular weight excluding hydrogens is 340 g/mol. The summed E-state index contributed by atoms with van der Waals surface area (Å²) in [5, 5.41) is 8.85. The van der Waals surface area contributed by atoms with E-state index in [1.165, 1.54) is 0 Å². The molecule has 2 atom stereocenters. The zero-order valence-corrected chi connectivity index (χ0v) is 16.1. The van der Waals surface area contributed by atoms with Crippen molar-refractivity contribution in [1.29, 1.82) is 0 Å². The van der Waals surface area contributed by atoms with Gasteiger partial charge in [-0.25, -0.2) is 0 Å². The van der Waals surface area contributed by atoms with Crippen LogP contribution in [-0.4, -0.2) is 46.7 Å². The van der Waals surface area contributed by atoms with Crippen molar-refractivity contribution in [2.24, 2.45) is 0 Å². The predicted octanol–water partition coefficient (Wildman–Crippen LogP) is 3.43. The number of nitrogens with zero attached hydrogens (tertiary/aromatic N) is 3. The third-order valence-electron chi connectivity index (χ3n) is 4.80. The lowest BCUT2D eigenvalue weighted by Crippen LogP contribution is -2.45.